The molecule has 2 aromatic rings. The Hall–Kier alpha value is -4.56. The number of rotatable bonds is 8. The fourth-order valence-electron chi connectivity index (χ4n) is 2.76. The summed E-state index contributed by atoms with van der Waals surface area (Å²) < 4.78 is 0. The average molecular weight is 493 g/mol. The predicted molar refractivity (Wildman–Crippen MR) is 134 cm³/mol. The second-order valence-corrected chi connectivity index (χ2v) is 7.59. The maximum absolute atomic E-state index is 11.0. The highest BCUT2D eigenvalue weighted by molar-refractivity contribution is 5.96. The average Bonchev–Trinajstić information content (AvgIpc) is 2.84. The van der Waals surface area contributed by atoms with E-state index in [1.165, 1.54) is 24.3 Å². The van der Waals surface area contributed by atoms with Gasteiger partial charge in [0, 0.05) is 24.0 Å². The molecule has 0 bridgehead atoms. The van der Waals surface area contributed by atoms with Gasteiger partial charge in [-0.05, 0) is 49.2 Å². The molecule has 0 saturated heterocycles. The van der Waals surface area contributed by atoms with Crippen molar-refractivity contribution in [1.29, 1.82) is 0 Å². The van der Waals surface area contributed by atoms with Gasteiger partial charge in [-0.1, -0.05) is 50.4 Å². The molecule has 36 heavy (non-hydrogen) atoms. The Kier molecular flexibility index (Phi) is 12.6. The van der Waals surface area contributed by atoms with Crippen LogP contribution in [0.15, 0.2) is 36.4 Å². The van der Waals surface area contributed by atoms with E-state index in [1.807, 2.05) is 6.92 Å². The molecular formula is C28H28O8. The van der Waals surface area contributed by atoms with E-state index in [0.717, 1.165) is 44.2 Å². The Morgan fingerprint density at radius 2 is 1.14 bits per heavy atom. The van der Waals surface area contributed by atoms with Crippen LogP contribution in [0.2, 0.25) is 0 Å². The number of carboxylic acid groups (broad SMARTS) is 4. The molecule has 188 valence electrons. The summed E-state index contributed by atoms with van der Waals surface area (Å²) in [6.45, 7) is 4.10. The zero-order valence-electron chi connectivity index (χ0n) is 20.1. The molecule has 0 atom stereocenters. The van der Waals surface area contributed by atoms with E-state index in [2.05, 4.69) is 30.6 Å². The molecule has 0 fully saturated rings. The molecule has 0 aliphatic rings. The van der Waals surface area contributed by atoms with Crippen molar-refractivity contribution in [2.75, 3.05) is 0 Å². The minimum Gasteiger partial charge on any atom is -0.478 e. The Balaban J connectivity index is 0.000000360. The lowest BCUT2D eigenvalue weighted by Crippen LogP contribution is -2.04. The number of unbranched alkanes of at least 4 members (excludes halogenated alkanes) is 4. The van der Waals surface area contributed by atoms with Crippen molar-refractivity contribution in [3.63, 3.8) is 0 Å². The highest BCUT2D eigenvalue weighted by Gasteiger charge is 2.13. The van der Waals surface area contributed by atoms with Gasteiger partial charge in [-0.25, -0.2) is 19.2 Å². The van der Waals surface area contributed by atoms with Gasteiger partial charge in [-0.15, -0.1) is 0 Å². The third-order valence-electron chi connectivity index (χ3n) is 4.69. The van der Waals surface area contributed by atoms with E-state index in [4.69, 9.17) is 20.4 Å². The molecule has 2 rings (SSSR count). The summed E-state index contributed by atoms with van der Waals surface area (Å²) in [7, 11) is 0. The molecular weight excluding hydrogens is 464 g/mol. The van der Waals surface area contributed by atoms with Crippen molar-refractivity contribution in [1.82, 2.24) is 0 Å². The van der Waals surface area contributed by atoms with Crippen LogP contribution in [0.25, 0.3) is 0 Å². The quantitative estimate of drug-likeness (QED) is 0.288. The van der Waals surface area contributed by atoms with E-state index in [-0.39, 0.29) is 22.3 Å². The van der Waals surface area contributed by atoms with Crippen LogP contribution in [-0.4, -0.2) is 44.3 Å². The van der Waals surface area contributed by atoms with Gasteiger partial charge in [0.25, 0.3) is 0 Å². The molecule has 8 nitrogen and oxygen atoms in total. The molecule has 4 N–H and O–H groups in total. The van der Waals surface area contributed by atoms with Crippen molar-refractivity contribution < 1.29 is 39.6 Å². The van der Waals surface area contributed by atoms with Crippen LogP contribution in [0.4, 0.5) is 0 Å². The lowest BCUT2D eigenvalue weighted by molar-refractivity contribution is 0.0676. The maximum Gasteiger partial charge on any atom is 0.336 e. The summed E-state index contributed by atoms with van der Waals surface area (Å²) >= 11 is 0. The fraction of sp³-hybridized carbons (Fsp3) is 0.286. The number of benzene rings is 2. The second-order valence-electron chi connectivity index (χ2n) is 7.59. The normalized spacial score (nSPS) is 9.39. The molecule has 0 saturated carbocycles. The van der Waals surface area contributed by atoms with E-state index in [0.29, 0.717) is 17.5 Å². The molecule has 8 heteroatoms. The third-order valence-corrected chi connectivity index (χ3v) is 4.69. The molecule has 0 unspecified atom stereocenters. The molecule has 0 aromatic heterocycles. The van der Waals surface area contributed by atoms with E-state index in [1.54, 1.807) is 0 Å². The number of carbonyl (C=O) groups is 4. The fourth-order valence-corrected chi connectivity index (χ4v) is 2.76. The second kappa shape index (κ2) is 15.4. The van der Waals surface area contributed by atoms with Crippen LogP contribution < -0.4 is 0 Å². The van der Waals surface area contributed by atoms with Crippen molar-refractivity contribution in [2.45, 2.75) is 52.4 Å². The third kappa shape index (κ3) is 10.1. The molecule has 0 spiro atoms. The zero-order valence-corrected chi connectivity index (χ0v) is 20.1. The lowest BCUT2D eigenvalue weighted by Gasteiger charge is -2.01. The van der Waals surface area contributed by atoms with Crippen LogP contribution in [0, 0.1) is 23.7 Å². The largest absolute Gasteiger partial charge is 0.478 e. The standard InChI is InChI=1S/2C14H14O4/c1-2-3-4-5-6-10-7-11(13(15)16)9-12(8-10)14(17)18;1-2-3-4-5-6-10-7-8-11(13(15)16)9-12(10)14(17)18/h2*7-9H,2-4H2,1H3,(H,15,16)(H,17,18). The Bertz CT molecular complexity index is 1200. The molecule has 0 aliphatic carbocycles. The van der Waals surface area contributed by atoms with Crippen LogP contribution in [0.3, 0.4) is 0 Å². The molecule has 2 aromatic carbocycles. The first kappa shape index (κ1) is 29.5. The van der Waals surface area contributed by atoms with E-state index in [9.17, 15) is 19.2 Å². The summed E-state index contributed by atoms with van der Waals surface area (Å²) in [6.07, 6.45) is 5.41. The van der Waals surface area contributed by atoms with Crippen molar-refractivity contribution >= 4 is 23.9 Å². The minimum absolute atomic E-state index is 0.0495. The Morgan fingerprint density at radius 1 is 0.639 bits per heavy atom. The predicted octanol–water partition coefficient (Wildman–Crippen LogP) is 5.25. The van der Waals surface area contributed by atoms with Gasteiger partial charge in [0.05, 0.1) is 22.3 Å². The smallest absolute Gasteiger partial charge is 0.336 e. The Morgan fingerprint density at radius 3 is 1.58 bits per heavy atom. The van der Waals surface area contributed by atoms with Crippen molar-refractivity contribution in [3.8, 4) is 23.7 Å². The maximum atomic E-state index is 11.0. The number of hydrogen-bond donors (Lipinski definition) is 4. The van der Waals surface area contributed by atoms with Gasteiger partial charge in [-0.3, -0.25) is 0 Å². The summed E-state index contributed by atoms with van der Waals surface area (Å²) in [4.78, 5) is 43.5. The summed E-state index contributed by atoms with van der Waals surface area (Å²) in [5.74, 6) is 6.72. The van der Waals surface area contributed by atoms with Crippen LogP contribution in [0.5, 0.6) is 0 Å². The molecule has 0 aliphatic heterocycles. The zero-order chi connectivity index (χ0) is 27.1. The summed E-state index contributed by atoms with van der Waals surface area (Å²) in [5, 5.41) is 35.6. The van der Waals surface area contributed by atoms with E-state index >= 15 is 0 Å². The van der Waals surface area contributed by atoms with Gasteiger partial charge in [-0.2, -0.15) is 0 Å². The minimum atomic E-state index is -1.17. The van der Waals surface area contributed by atoms with Crippen LogP contribution >= 0.6 is 0 Å². The number of hydrogen-bond acceptors (Lipinski definition) is 4. The van der Waals surface area contributed by atoms with Gasteiger partial charge < -0.3 is 20.4 Å². The first-order valence-corrected chi connectivity index (χ1v) is 11.3. The lowest BCUT2D eigenvalue weighted by atomic mass is 10.0. The van der Waals surface area contributed by atoms with Gasteiger partial charge in [0.15, 0.2) is 0 Å². The first-order valence-electron chi connectivity index (χ1n) is 11.3. The van der Waals surface area contributed by atoms with Crippen LogP contribution in [-0.2, 0) is 0 Å². The van der Waals surface area contributed by atoms with Crippen molar-refractivity contribution in [2.24, 2.45) is 0 Å². The van der Waals surface area contributed by atoms with Crippen LogP contribution in [0.1, 0.15) is 105 Å². The SMILES string of the molecule is CCCCC#Cc1cc(C(=O)O)cc(C(=O)O)c1.CCCCC#Cc1ccc(C(=O)O)cc1C(=O)O. The highest BCUT2D eigenvalue weighted by atomic mass is 16.4. The van der Waals surface area contributed by atoms with Gasteiger partial charge in [0.1, 0.15) is 0 Å². The molecule has 0 radical (unpaired) electrons. The first-order chi connectivity index (χ1) is 17.1. The summed E-state index contributed by atoms with van der Waals surface area (Å²) in [6, 6.07) is 7.82. The van der Waals surface area contributed by atoms with E-state index < -0.39 is 23.9 Å². The van der Waals surface area contributed by atoms with Gasteiger partial charge in [0.2, 0.25) is 0 Å². The number of carboxylic acids is 4. The summed E-state index contributed by atoms with van der Waals surface area (Å²) in [5.41, 5.74) is 0.529. The topological polar surface area (TPSA) is 149 Å². The molecule has 0 heterocycles. The van der Waals surface area contributed by atoms with Gasteiger partial charge >= 0.3 is 23.9 Å². The van der Waals surface area contributed by atoms with Crippen molar-refractivity contribution in [3.05, 3.63) is 69.8 Å². The molecule has 0 amide bonds. The monoisotopic (exact) mass is 492 g/mol. The highest BCUT2D eigenvalue weighted by Crippen LogP contribution is 2.12. The Labute approximate surface area is 209 Å². The number of aromatic carboxylic acids is 4.